The first-order valence-corrected chi connectivity index (χ1v) is 8.39. The molecule has 2 aromatic heterocycles. The van der Waals surface area contributed by atoms with E-state index in [1.54, 1.807) is 34.8 Å². The number of hydrogen-bond acceptors (Lipinski definition) is 6. The van der Waals surface area contributed by atoms with E-state index >= 15 is 0 Å². The van der Waals surface area contributed by atoms with Crippen LogP contribution >= 0.6 is 0 Å². The van der Waals surface area contributed by atoms with Crippen molar-refractivity contribution in [3.8, 4) is 5.75 Å². The van der Waals surface area contributed by atoms with Gasteiger partial charge in [0.15, 0.2) is 0 Å². The second kappa shape index (κ2) is 6.60. The summed E-state index contributed by atoms with van der Waals surface area (Å²) < 4.78 is 8.74. The lowest BCUT2D eigenvalue weighted by Crippen LogP contribution is -2.32. The van der Waals surface area contributed by atoms with Gasteiger partial charge in [-0.1, -0.05) is 12.1 Å². The van der Waals surface area contributed by atoms with Crippen molar-refractivity contribution >= 4 is 17.5 Å². The van der Waals surface area contributed by atoms with Gasteiger partial charge in [0.25, 0.3) is 5.91 Å². The number of para-hydroxylation sites is 2. The number of aromatic nitrogens is 5. The second-order valence-corrected chi connectivity index (χ2v) is 6.13. The minimum Gasteiger partial charge on any atom is -0.495 e. The van der Waals surface area contributed by atoms with Gasteiger partial charge in [-0.2, -0.15) is 15.2 Å². The molecule has 2 N–H and O–H groups in total. The highest BCUT2D eigenvalue weighted by atomic mass is 16.5. The monoisotopic (exact) mass is 365 g/mol. The van der Waals surface area contributed by atoms with Gasteiger partial charge in [-0.05, 0) is 25.1 Å². The maximum atomic E-state index is 13.2. The molecule has 9 heteroatoms. The van der Waals surface area contributed by atoms with E-state index in [1.165, 1.54) is 6.33 Å². The first-order valence-electron chi connectivity index (χ1n) is 8.39. The van der Waals surface area contributed by atoms with Crippen LogP contribution in [0.4, 0.5) is 11.6 Å². The number of nitrogens with one attached hydrogen (secondary N) is 2. The summed E-state index contributed by atoms with van der Waals surface area (Å²) in [5.74, 6) is 0.913. The highest BCUT2D eigenvalue weighted by Crippen LogP contribution is 2.35. The SMILES string of the molecule is COc1ccccc1NC(=O)C1=C(C)Nc2ncnn2C1c1ccnn1C. The molecule has 27 heavy (non-hydrogen) atoms. The van der Waals surface area contributed by atoms with Crippen LogP contribution in [0.25, 0.3) is 0 Å². The summed E-state index contributed by atoms with van der Waals surface area (Å²) in [6, 6.07) is 8.69. The lowest BCUT2D eigenvalue weighted by Gasteiger charge is -2.28. The number of benzene rings is 1. The molecule has 0 saturated heterocycles. The summed E-state index contributed by atoms with van der Waals surface area (Å²) in [5, 5.41) is 14.6. The fourth-order valence-corrected chi connectivity index (χ4v) is 3.25. The maximum absolute atomic E-state index is 13.2. The molecule has 138 valence electrons. The predicted octanol–water partition coefficient (Wildman–Crippen LogP) is 1.95. The zero-order chi connectivity index (χ0) is 19.0. The number of hydrogen-bond donors (Lipinski definition) is 2. The van der Waals surface area contributed by atoms with Crippen LogP contribution in [0.5, 0.6) is 5.75 Å². The standard InChI is InChI=1S/C18H19N7O2/c1-11-15(17(26)23-12-6-4-5-7-14(12)27-3)16(13-8-9-20-24(13)2)25-18(22-11)19-10-21-25/h4-10,16H,1-3H3,(H,23,26)(H,19,21,22). The molecule has 1 aromatic carbocycles. The number of methoxy groups -OCH3 is 1. The Hall–Kier alpha value is -3.62. The van der Waals surface area contributed by atoms with Crippen molar-refractivity contribution < 1.29 is 9.53 Å². The number of ether oxygens (including phenoxy) is 1. The summed E-state index contributed by atoms with van der Waals surface area (Å²) >= 11 is 0. The molecule has 4 rings (SSSR count). The average Bonchev–Trinajstić information content (AvgIpc) is 3.29. The third kappa shape index (κ3) is 2.82. The van der Waals surface area contributed by atoms with Crippen molar-refractivity contribution in [2.24, 2.45) is 7.05 Å². The fourth-order valence-electron chi connectivity index (χ4n) is 3.25. The number of rotatable bonds is 4. The van der Waals surface area contributed by atoms with Gasteiger partial charge in [0.1, 0.15) is 18.1 Å². The number of aryl methyl sites for hydroxylation is 1. The number of carbonyl (C=O) groups excluding carboxylic acids is 1. The van der Waals surface area contributed by atoms with Crippen LogP contribution in [0.1, 0.15) is 18.7 Å². The first kappa shape index (κ1) is 16.8. The van der Waals surface area contributed by atoms with E-state index in [0.29, 0.717) is 28.7 Å². The number of nitrogens with zero attached hydrogens (tertiary/aromatic N) is 5. The zero-order valence-corrected chi connectivity index (χ0v) is 15.2. The molecule has 0 fully saturated rings. The lowest BCUT2D eigenvalue weighted by atomic mass is 9.99. The predicted molar refractivity (Wildman–Crippen MR) is 99.3 cm³/mol. The van der Waals surface area contributed by atoms with E-state index in [4.69, 9.17) is 4.74 Å². The number of allylic oxidation sites excluding steroid dienone is 1. The lowest BCUT2D eigenvalue weighted by molar-refractivity contribution is -0.113. The molecule has 3 heterocycles. The Morgan fingerprint density at radius 1 is 1.26 bits per heavy atom. The molecule has 1 atom stereocenters. The third-order valence-corrected chi connectivity index (χ3v) is 4.53. The van der Waals surface area contributed by atoms with E-state index < -0.39 is 6.04 Å². The summed E-state index contributed by atoms with van der Waals surface area (Å²) in [6.45, 7) is 1.85. The summed E-state index contributed by atoms with van der Waals surface area (Å²) in [7, 11) is 3.40. The second-order valence-electron chi connectivity index (χ2n) is 6.13. The number of fused-ring (bicyclic) bond motifs is 1. The zero-order valence-electron chi connectivity index (χ0n) is 15.2. The van der Waals surface area contributed by atoms with Crippen LogP contribution in [0.2, 0.25) is 0 Å². The van der Waals surface area contributed by atoms with Gasteiger partial charge in [-0.25, -0.2) is 4.68 Å². The molecule has 1 aliphatic heterocycles. The Kier molecular flexibility index (Phi) is 4.11. The topological polar surface area (TPSA) is 98.9 Å². The minimum absolute atomic E-state index is 0.253. The molecule has 1 unspecified atom stereocenters. The molecule has 0 radical (unpaired) electrons. The largest absolute Gasteiger partial charge is 0.495 e. The highest BCUT2D eigenvalue weighted by molar-refractivity contribution is 6.06. The van der Waals surface area contributed by atoms with Crippen molar-refractivity contribution in [2.45, 2.75) is 13.0 Å². The third-order valence-electron chi connectivity index (χ3n) is 4.53. The van der Waals surface area contributed by atoms with Gasteiger partial charge >= 0.3 is 0 Å². The molecule has 9 nitrogen and oxygen atoms in total. The van der Waals surface area contributed by atoms with Gasteiger partial charge in [0, 0.05) is 18.9 Å². The van der Waals surface area contributed by atoms with Crippen LogP contribution in [-0.2, 0) is 11.8 Å². The summed E-state index contributed by atoms with van der Waals surface area (Å²) in [4.78, 5) is 17.5. The van der Waals surface area contributed by atoms with Crippen LogP contribution in [0.15, 0.2) is 54.1 Å². The number of anilines is 2. The van der Waals surface area contributed by atoms with Gasteiger partial charge < -0.3 is 15.4 Å². The maximum Gasteiger partial charge on any atom is 0.256 e. The van der Waals surface area contributed by atoms with Crippen LogP contribution in [0, 0.1) is 0 Å². The van der Waals surface area contributed by atoms with Crippen LogP contribution in [-0.4, -0.2) is 37.6 Å². The smallest absolute Gasteiger partial charge is 0.256 e. The summed E-state index contributed by atoms with van der Waals surface area (Å²) in [5.41, 5.74) is 2.66. The molecule has 0 bridgehead atoms. The van der Waals surface area contributed by atoms with Crippen LogP contribution in [0.3, 0.4) is 0 Å². The molecule has 1 amide bonds. The van der Waals surface area contributed by atoms with E-state index in [1.807, 2.05) is 32.2 Å². The first-order chi connectivity index (χ1) is 13.1. The summed E-state index contributed by atoms with van der Waals surface area (Å²) in [6.07, 6.45) is 3.15. The number of carbonyl (C=O) groups is 1. The molecule has 1 aliphatic rings. The Morgan fingerprint density at radius 2 is 2.07 bits per heavy atom. The van der Waals surface area contributed by atoms with E-state index in [2.05, 4.69) is 25.8 Å². The van der Waals surface area contributed by atoms with Crippen molar-refractivity contribution in [3.63, 3.8) is 0 Å². The normalized spacial score (nSPS) is 15.9. The Labute approximate surface area is 155 Å². The van der Waals surface area contributed by atoms with Gasteiger partial charge in [0.2, 0.25) is 5.95 Å². The number of amides is 1. The van der Waals surface area contributed by atoms with Crippen LogP contribution < -0.4 is 15.4 Å². The average molecular weight is 365 g/mol. The quantitative estimate of drug-likeness (QED) is 0.733. The van der Waals surface area contributed by atoms with Crippen molar-refractivity contribution in [1.29, 1.82) is 0 Å². The molecule has 0 spiro atoms. The molecule has 0 saturated carbocycles. The van der Waals surface area contributed by atoms with Gasteiger partial charge in [-0.15, -0.1) is 0 Å². The van der Waals surface area contributed by atoms with E-state index in [0.717, 1.165) is 5.69 Å². The Balaban J connectivity index is 1.77. The molecule has 0 aliphatic carbocycles. The van der Waals surface area contributed by atoms with E-state index in [-0.39, 0.29) is 5.91 Å². The minimum atomic E-state index is -0.453. The molecular weight excluding hydrogens is 346 g/mol. The van der Waals surface area contributed by atoms with Gasteiger partial charge in [-0.3, -0.25) is 9.48 Å². The van der Waals surface area contributed by atoms with Crippen molar-refractivity contribution in [2.75, 3.05) is 17.7 Å². The Bertz CT molecular complexity index is 1030. The Morgan fingerprint density at radius 3 is 2.81 bits per heavy atom. The molecular formula is C18H19N7O2. The molecule has 3 aromatic rings. The van der Waals surface area contributed by atoms with Crippen molar-refractivity contribution in [3.05, 3.63) is 59.8 Å². The highest BCUT2D eigenvalue weighted by Gasteiger charge is 2.35. The van der Waals surface area contributed by atoms with Crippen molar-refractivity contribution in [1.82, 2.24) is 24.5 Å². The van der Waals surface area contributed by atoms with Gasteiger partial charge in [0.05, 0.1) is 24.1 Å². The fraction of sp³-hybridized carbons (Fsp3) is 0.222. The van der Waals surface area contributed by atoms with E-state index in [9.17, 15) is 4.79 Å².